The molecule has 1 saturated heterocycles. The number of likely N-dealkylation sites (N-methyl/N-ethyl adjacent to an activating group) is 1. The molecule has 5 heteroatoms. The third-order valence-electron chi connectivity index (χ3n) is 4.11. The molecule has 2 rings (SSSR count). The van der Waals surface area contributed by atoms with Gasteiger partial charge in [-0.2, -0.15) is 0 Å². The molecule has 0 radical (unpaired) electrons. The summed E-state index contributed by atoms with van der Waals surface area (Å²) in [5, 5.41) is 9.69. The second kappa shape index (κ2) is 6.92. The smallest absolute Gasteiger partial charge is 0.160 e. The molecule has 0 aromatic heterocycles. The van der Waals surface area contributed by atoms with Crippen LogP contribution in [0.5, 0.6) is 11.5 Å². The van der Waals surface area contributed by atoms with Crippen molar-refractivity contribution >= 4 is 0 Å². The molecule has 0 aliphatic carbocycles. The van der Waals surface area contributed by atoms with Crippen molar-refractivity contribution in [3.8, 4) is 11.5 Å². The highest BCUT2D eigenvalue weighted by atomic mass is 16.5. The summed E-state index contributed by atoms with van der Waals surface area (Å²) in [7, 11) is 1.57. The number of ether oxygens (including phenoxy) is 1. The molecule has 1 heterocycles. The molecule has 1 aliphatic heterocycles. The molecule has 20 heavy (non-hydrogen) atoms. The molecule has 1 aliphatic rings. The van der Waals surface area contributed by atoms with Gasteiger partial charge in [-0.15, -0.1) is 0 Å². The topological polar surface area (TPSA) is 62.0 Å². The van der Waals surface area contributed by atoms with Gasteiger partial charge in [-0.1, -0.05) is 13.0 Å². The second-order valence-electron chi connectivity index (χ2n) is 5.15. The quantitative estimate of drug-likeness (QED) is 0.843. The van der Waals surface area contributed by atoms with E-state index in [1.54, 1.807) is 13.2 Å². The lowest BCUT2D eigenvalue weighted by Crippen LogP contribution is -2.48. The highest BCUT2D eigenvalue weighted by molar-refractivity contribution is 5.42. The predicted molar refractivity (Wildman–Crippen MR) is 80.1 cm³/mol. The second-order valence-corrected chi connectivity index (χ2v) is 5.15. The van der Waals surface area contributed by atoms with E-state index in [4.69, 9.17) is 10.5 Å². The minimum absolute atomic E-state index is 0.169. The minimum atomic E-state index is 0.169. The van der Waals surface area contributed by atoms with Gasteiger partial charge in [-0.25, -0.2) is 0 Å². The van der Waals surface area contributed by atoms with Crippen molar-refractivity contribution in [3.63, 3.8) is 0 Å². The Morgan fingerprint density at radius 1 is 1.30 bits per heavy atom. The van der Waals surface area contributed by atoms with Crippen LogP contribution in [0.4, 0.5) is 0 Å². The number of nitrogens with zero attached hydrogens (tertiary/aromatic N) is 2. The first-order valence-corrected chi connectivity index (χ1v) is 7.23. The monoisotopic (exact) mass is 279 g/mol. The van der Waals surface area contributed by atoms with Gasteiger partial charge in [-0.05, 0) is 24.2 Å². The summed E-state index contributed by atoms with van der Waals surface area (Å²) < 4.78 is 5.18. The maximum Gasteiger partial charge on any atom is 0.160 e. The van der Waals surface area contributed by atoms with Crippen molar-refractivity contribution in [2.75, 3.05) is 46.4 Å². The summed E-state index contributed by atoms with van der Waals surface area (Å²) in [6, 6.07) is 5.68. The number of methoxy groups -OCH3 is 1. The number of rotatable bonds is 5. The highest BCUT2D eigenvalue weighted by Crippen LogP contribution is 2.31. The summed E-state index contributed by atoms with van der Waals surface area (Å²) in [4.78, 5) is 4.86. The van der Waals surface area contributed by atoms with Gasteiger partial charge in [0.15, 0.2) is 11.5 Å². The van der Waals surface area contributed by atoms with Gasteiger partial charge >= 0.3 is 0 Å². The summed E-state index contributed by atoms with van der Waals surface area (Å²) >= 11 is 0. The Kier molecular flexibility index (Phi) is 5.23. The fourth-order valence-corrected chi connectivity index (χ4v) is 2.79. The Hall–Kier alpha value is -1.30. The van der Waals surface area contributed by atoms with Crippen LogP contribution in [-0.2, 0) is 0 Å². The van der Waals surface area contributed by atoms with Crippen LogP contribution in [0.3, 0.4) is 0 Å². The van der Waals surface area contributed by atoms with Crippen LogP contribution in [0.15, 0.2) is 18.2 Å². The number of hydrogen-bond donors (Lipinski definition) is 2. The number of phenols is 1. The number of piperazine rings is 1. The van der Waals surface area contributed by atoms with Gasteiger partial charge in [0.25, 0.3) is 0 Å². The van der Waals surface area contributed by atoms with E-state index in [0.29, 0.717) is 12.3 Å². The van der Waals surface area contributed by atoms with Gasteiger partial charge in [0.1, 0.15) is 0 Å². The average Bonchev–Trinajstić information content (AvgIpc) is 2.50. The summed E-state index contributed by atoms with van der Waals surface area (Å²) in [5.41, 5.74) is 7.08. The van der Waals surface area contributed by atoms with Crippen molar-refractivity contribution in [1.29, 1.82) is 0 Å². The Morgan fingerprint density at radius 2 is 2.00 bits per heavy atom. The Balaban J connectivity index is 2.12. The van der Waals surface area contributed by atoms with Crippen molar-refractivity contribution < 1.29 is 9.84 Å². The number of phenolic OH excluding ortho intramolecular Hbond substituents is 1. The van der Waals surface area contributed by atoms with Crippen molar-refractivity contribution in [2.45, 2.75) is 13.0 Å². The molecule has 1 unspecified atom stereocenters. The number of hydrogen-bond acceptors (Lipinski definition) is 5. The van der Waals surface area contributed by atoms with Gasteiger partial charge in [-0.3, -0.25) is 4.90 Å². The predicted octanol–water partition coefficient (Wildman–Crippen LogP) is 1.04. The normalized spacial score (nSPS) is 18.9. The van der Waals surface area contributed by atoms with E-state index in [-0.39, 0.29) is 11.8 Å². The average molecular weight is 279 g/mol. The molecule has 1 fully saturated rings. The molecule has 0 saturated carbocycles. The van der Waals surface area contributed by atoms with Gasteiger partial charge in [0.2, 0.25) is 0 Å². The largest absolute Gasteiger partial charge is 0.504 e. The Bertz CT molecular complexity index is 431. The van der Waals surface area contributed by atoms with E-state index in [1.807, 2.05) is 12.1 Å². The first-order chi connectivity index (χ1) is 9.69. The molecule has 0 spiro atoms. The summed E-state index contributed by atoms with van der Waals surface area (Å²) in [5.74, 6) is 0.677. The Labute approximate surface area is 120 Å². The first kappa shape index (κ1) is 15.1. The third-order valence-corrected chi connectivity index (χ3v) is 4.11. The molecule has 3 N–H and O–H groups in total. The molecule has 1 aromatic rings. The van der Waals surface area contributed by atoms with E-state index < -0.39 is 0 Å². The lowest BCUT2D eigenvalue weighted by molar-refractivity contribution is 0.102. The van der Waals surface area contributed by atoms with Crippen LogP contribution < -0.4 is 10.5 Å². The molecular formula is C15H25N3O2. The van der Waals surface area contributed by atoms with Crippen molar-refractivity contribution in [2.24, 2.45) is 5.73 Å². The van der Waals surface area contributed by atoms with E-state index >= 15 is 0 Å². The lowest BCUT2D eigenvalue weighted by atomic mass is 10.0. The minimum Gasteiger partial charge on any atom is -0.504 e. The molecule has 112 valence electrons. The van der Waals surface area contributed by atoms with Crippen LogP contribution in [0.2, 0.25) is 0 Å². The standard InChI is InChI=1S/C15H25N3O2/c1-3-17-6-8-18(9-7-17)13(11-16)12-4-5-14(19)15(10-12)20-2/h4-5,10,13,19H,3,6-9,11,16H2,1-2H3. The number of nitrogens with two attached hydrogens (primary N) is 1. The van der Waals surface area contributed by atoms with Crippen LogP contribution in [-0.4, -0.2) is 61.3 Å². The van der Waals surface area contributed by atoms with Crippen molar-refractivity contribution in [1.82, 2.24) is 9.80 Å². The van der Waals surface area contributed by atoms with Gasteiger partial charge in [0, 0.05) is 38.8 Å². The molecule has 0 amide bonds. The molecule has 1 aromatic carbocycles. The summed E-state index contributed by atoms with van der Waals surface area (Å²) in [6.45, 7) is 8.09. The molecule has 5 nitrogen and oxygen atoms in total. The van der Waals surface area contributed by atoms with Crippen LogP contribution in [0.1, 0.15) is 18.5 Å². The lowest BCUT2D eigenvalue weighted by Gasteiger charge is -2.38. The SMILES string of the molecule is CCN1CCN(C(CN)c2ccc(O)c(OC)c2)CC1. The van der Waals surface area contributed by atoms with Crippen molar-refractivity contribution in [3.05, 3.63) is 23.8 Å². The first-order valence-electron chi connectivity index (χ1n) is 7.23. The van der Waals surface area contributed by atoms with E-state index in [2.05, 4.69) is 16.7 Å². The molecule has 1 atom stereocenters. The van der Waals surface area contributed by atoms with Crippen LogP contribution in [0.25, 0.3) is 0 Å². The van der Waals surface area contributed by atoms with E-state index in [0.717, 1.165) is 38.3 Å². The van der Waals surface area contributed by atoms with Gasteiger partial charge in [0.05, 0.1) is 7.11 Å². The fourth-order valence-electron chi connectivity index (χ4n) is 2.79. The maximum absolute atomic E-state index is 9.69. The molecule has 0 bridgehead atoms. The highest BCUT2D eigenvalue weighted by Gasteiger charge is 2.24. The molecular weight excluding hydrogens is 254 g/mol. The fraction of sp³-hybridized carbons (Fsp3) is 0.600. The van der Waals surface area contributed by atoms with E-state index in [1.165, 1.54) is 0 Å². The maximum atomic E-state index is 9.69. The van der Waals surface area contributed by atoms with E-state index in [9.17, 15) is 5.11 Å². The van der Waals surface area contributed by atoms with Crippen LogP contribution >= 0.6 is 0 Å². The third kappa shape index (κ3) is 3.23. The zero-order chi connectivity index (χ0) is 14.5. The Morgan fingerprint density at radius 3 is 2.55 bits per heavy atom. The number of aromatic hydroxyl groups is 1. The zero-order valence-corrected chi connectivity index (χ0v) is 12.4. The number of benzene rings is 1. The van der Waals surface area contributed by atoms with Gasteiger partial charge < -0.3 is 20.5 Å². The zero-order valence-electron chi connectivity index (χ0n) is 12.4. The summed E-state index contributed by atoms with van der Waals surface area (Å²) in [6.07, 6.45) is 0. The van der Waals surface area contributed by atoms with Crippen LogP contribution in [0, 0.1) is 0 Å².